The van der Waals surface area contributed by atoms with Crippen LogP contribution in [0.2, 0.25) is 0 Å². The molecule has 0 aliphatic heterocycles. The molecule has 1 heterocycles. The van der Waals surface area contributed by atoms with Crippen LogP contribution in [-0.4, -0.2) is 14.7 Å². The fourth-order valence-electron chi connectivity index (χ4n) is 1.55. The van der Waals surface area contributed by atoms with Gasteiger partial charge in [0.05, 0.1) is 22.1 Å². The van der Waals surface area contributed by atoms with Crippen molar-refractivity contribution in [1.82, 2.24) is 9.78 Å². The average molecular weight is 407 g/mol. The summed E-state index contributed by atoms with van der Waals surface area (Å²) in [6.45, 7) is -0.196. The largest absolute Gasteiger partial charge is 0.305 e. The van der Waals surface area contributed by atoms with Crippen LogP contribution in [0.5, 0.6) is 0 Å². The average Bonchev–Trinajstić information content (AvgIpc) is 2.41. The summed E-state index contributed by atoms with van der Waals surface area (Å²) >= 11 is 6.20. The molecule has 20 heavy (non-hydrogen) atoms. The van der Waals surface area contributed by atoms with E-state index in [9.17, 15) is 19.3 Å². The van der Waals surface area contributed by atoms with E-state index in [-0.39, 0.29) is 16.6 Å². The van der Waals surface area contributed by atoms with Gasteiger partial charge in [0.25, 0.3) is 5.56 Å². The first-order valence-corrected chi connectivity index (χ1v) is 6.83. The zero-order valence-corrected chi connectivity index (χ0v) is 12.9. The molecule has 6 nitrogen and oxygen atoms in total. The zero-order chi connectivity index (χ0) is 14.9. The molecule has 104 valence electrons. The van der Waals surface area contributed by atoms with Crippen LogP contribution in [0.1, 0.15) is 5.56 Å². The van der Waals surface area contributed by atoms with Gasteiger partial charge in [-0.2, -0.15) is 9.49 Å². The van der Waals surface area contributed by atoms with Gasteiger partial charge in [-0.1, -0.05) is 12.1 Å². The van der Waals surface area contributed by atoms with Gasteiger partial charge in [0, 0.05) is 11.6 Å². The van der Waals surface area contributed by atoms with Gasteiger partial charge < -0.3 is 0 Å². The smallest absolute Gasteiger partial charge is 0.266 e. The molecule has 0 unspecified atom stereocenters. The van der Waals surface area contributed by atoms with Crippen molar-refractivity contribution in [1.29, 1.82) is 0 Å². The Morgan fingerprint density at radius 1 is 1.40 bits per heavy atom. The highest BCUT2D eigenvalue weighted by molar-refractivity contribution is 9.13. The van der Waals surface area contributed by atoms with Gasteiger partial charge in [-0.15, -0.1) is 0 Å². The van der Waals surface area contributed by atoms with Gasteiger partial charge in [-0.25, -0.2) is 4.68 Å². The van der Waals surface area contributed by atoms with Crippen molar-refractivity contribution in [2.45, 2.75) is 6.54 Å². The Morgan fingerprint density at radius 2 is 2.10 bits per heavy atom. The molecule has 0 spiro atoms. The maximum absolute atomic E-state index is 13.9. The maximum Gasteiger partial charge on any atom is 0.305 e. The lowest BCUT2D eigenvalue weighted by molar-refractivity contribution is -0.387. The molecule has 0 fully saturated rings. The summed E-state index contributed by atoms with van der Waals surface area (Å²) in [5.74, 6) is -0.967. The second-order valence-electron chi connectivity index (χ2n) is 3.78. The summed E-state index contributed by atoms with van der Waals surface area (Å²) < 4.78 is 15.6. The summed E-state index contributed by atoms with van der Waals surface area (Å²) in [6, 6.07) is 3.79. The fourth-order valence-corrected chi connectivity index (χ4v) is 2.12. The minimum atomic E-state index is -0.967. The van der Waals surface area contributed by atoms with E-state index in [1.165, 1.54) is 18.3 Å². The number of nitro groups is 1. The van der Waals surface area contributed by atoms with Crippen molar-refractivity contribution in [3.63, 3.8) is 0 Å². The van der Waals surface area contributed by atoms with Crippen LogP contribution in [-0.2, 0) is 6.54 Å². The third kappa shape index (κ3) is 2.78. The van der Waals surface area contributed by atoms with Crippen molar-refractivity contribution in [2.24, 2.45) is 0 Å². The lowest BCUT2D eigenvalue weighted by Crippen LogP contribution is -2.24. The van der Waals surface area contributed by atoms with Crippen LogP contribution in [0.15, 0.2) is 38.1 Å². The third-order valence-corrected chi connectivity index (χ3v) is 4.42. The predicted molar refractivity (Wildman–Crippen MR) is 76.1 cm³/mol. The summed E-state index contributed by atoms with van der Waals surface area (Å²) in [5.41, 5.74) is -1.08. The second kappa shape index (κ2) is 5.80. The minimum Gasteiger partial charge on any atom is -0.266 e. The Kier molecular flexibility index (Phi) is 4.29. The topological polar surface area (TPSA) is 78.0 Å². The molecule has 0 aliphatic rings. The normalized spacial score (nSPS) is 10.6. The van der Waals surface area contributed by atoms with E-state index in [1.807, 2.05) is 0 Å². The van der Waals surface area contributed by atoms with Crippen molar-refractivity contribution in [3.8, 4) is 0 Å². The molecule has 0 N–H and O–H groups in total. The number of rotatable bonds is 3. The van der Waals surface area contributed by atoms with Gasteiger partial charge in [-0.05, 0) is 31.9 Å². The van der Waals surface area contributed by atoms with E-state index in [4.69, 9.17) is 0 Å². The first-order chi connectivity index (χ1) is 9.41. The number of benzene rings is 1. The highest BCUT2D eigenvalue weighted by Crippen LogP contribution is 2.21. The van der Waals surface area contributed by atoms with Crippen LogP contribution < -0.4 is 5.56 Å². The minimum absolute atomic E-state index is 0.0167. The highest BCUT2D eigenvalue weighted by Gasteiger charge is 2.18. The molecule has 0 atom stereocenters. The van der Waals surface area contributed by atoms with Crippen LogP contribution >= 0.6 is 31.9 Å². The van der Waals surface area contributed by atoms with E-state index in [0.717, 1.165) is 10.7 Å². The Bertz CT molecular complexity index is 748. The molecule has 2 aromatic rings. The van der Waals surface area contributed by atoms with Crippen LogP contribution in [0.4, 0.5) is 10.1 Å². The zero-order valence-electron chi connectivity index (χ0n) is 9.72. The van der Waals surface area contributed by atoms with Crippen molar-refractivity contribution in [2.75, 3.05) is 0 Å². The first kappa shape index (κ1) is 14.8. The number of aromatic nitrogens is 2. The summed E-state index contributed by atoms with van der Waals surface area (Å²) in [5, 5.41) is 14.5. The van der Waals surface area contributed by atoms with Crippen molar-refractivity contribution in [3.05, 3.63) is 65.2 Å². The summed E-state index contributed by atoms with van der Waals surface area (Å²) in [6.07, 6.45) is 1.38. The predicted octanol–water partition coefficient (Wildman–Crippen LogP) is 2.86. The van der Waals surface area contributed by atoms with Crippen molar-refractivity contribution >= 4 is 37.5 Å². The molecular weight excluding hydrogens is 401 g/mol. The van der Waals surface area contributed by atoms with E-state index in [2.05, 4.69) is 37.0 Å². The molecule has 0 radical (unpaired) electrons. The number of nitro benzene ring substituents is 1. The summed E-state index contributed by atoms with van der Waals surface area (Å²) in [7, 11) is 0. The maximum atomic E-state index is 13.9. The molecule has 0 amide bonds. The molecule has 0 saturated carbocycles. The van der Waals surface area contributed by atoms with Crippen LogP contribution in [0, 0.1) is 15.9 Å². The van der Waals surface area contributed by atoms with Gasteiger partial charge >= 0.3 is 5.69 Å². The molecule has 2 rings (SSSR count). The SMILES string of the molecule is O=c1c(Br)c(Br)cnn1Cc1cccc([N+](=O)[O-])c1F. The Labute approximate surface area is 128 Å². The molecule has 0 saturated heterocycles. The van der Waals surface area contributed by atoms with Crippen LogP contribution in [0.25, 0.3) is 0 Å². The first-order valence-electron chi connectivity index (χ1n) is 5.24. The lowest BCUT2D eigenvalue weighted by Gasteiger charge is -2.07. The standard InChI is InChI=1S/C11H6Br2FN3O3/c12-7-4-15-16(11(18)9(7)13)5-6-2-1-3-8(10(6)14)17(19)20/h1-4H,5H2. The number of halogens is 3. The quantitative estimate of drug-likeness (QED) is 0.580. The highest BCUT2D eigenvalue weighted by atomic mass is 79.9. The number of hydrogen-bond donors (Lipinski definition) is 0. The fraction of sp³-hybridized carbons (Fsp3) is 0.0909. The summed E-state index contributed by atoms with van der Waals surface area (Å²) in [4.78, 5) is 21.7. The Morgan fingerprint density at radius 3 is 2.75 bits per heavy atom. The molecule has 0 bridgehead atoms. The van der Waals surface area contributed by atoms with E-state index in [1.54, 1.807) is 0 Å². The second-order valence-corrected chi connectivity index (χ2v) is 5.42. The molecule has 1 aromatic carbocycles. The number of hydrogen-bond acceptors (Lipinski definition) is 4. The van der Waals surface area contributed by atoms with E-state index >= 15 is 0 Å². The molecular formula is C11H6Br2FN3O3. The van der Waals surface area contributed by atoms with Crippen LogP contribution in [0.3, 0.4) is 0 Å². The van der Waals surface area contributed by atoms with Gasteiger partial charge in [0.2, 0.25) is 5.82 Å². The van der Waals surface area contributed by atoms with Gasteiger partial charge in [0.1, 0.15) is 4.47 Å². The Hall–Kier alpha value is -1.61. The lowest BCUT2D eigenvalue weighted by atomic mass is 10.2. The Balaban J connectivity index is 2.46. The molecule has 9 heteroatoms. The molecule has 0 aliphatic carbocycles. The van der Waals surface area contributed by atoms with E-state index in [0.29, 0.717) is 4.47 Å². The number of nitrogens with zero attached hydrogens (tertiary/aromatic N) is 3. The van der Waals surface area contributed by atoms with Crippen molar-refractivity contribution < 1.29 is 9.31 Å². The third-order valence-electron chi connectivity index (χ3n) is 2.52. The van der Waals surface area contributed by atoms with Gasteiger partial charge in [0.15, 0.2) is 0 Å². The molecule has 1 aromatic heterocycles. The van der Waals surface area contributed by atoms with E-state index < -0.39 is 22.0 Å². The monoisotopic (exact) mass is 405 g/mol. The van der Waals surface area contributed by atoms with Gasteiger partial charge in [-0.3, -0.25) is 14.9 Å².